The molecule has 0 saturated carbocycles. The second kappa shape index (κ2) is 11.4. The summed E-state index contributed by atoms with van der Waals surface area (Å²) in [7, 11) is -2.35. The predicted molar refractivity (Wildman–Crippen MR) is 124 cm³/mol. The van der Waals surface area contributed by atoms with Crippen LogP contribution in [0.2, 0.25) is 0 Å². The van der Waals surface area contributed by atoms with E-state index in [1.54, 1.807) is 60.7 Å². The van der Waals surface area contributed by atoms with Crippen LogP contribution in [0.15, 0.2) is 89.8 Å². The molecule has 33 heavy (non-hydrogen) atoms. The molecule has 0 bridgehead atoms. The van der Waals surface area contributed by atoms with Crippen molar-refractivity contribution in [2.75, 3.05) is 20.4 Å². The lowest BCUT2D eigenvalue weighted by atomic mass is 10.1. The summed E-state index contributed by atoms with van der Waals surface area (Å²) < 4.78 is 49.9. The van der Waals surface area contributed by atoms with E-state index in [0.717, 1.165) is 17.7 Å². The highest BCUT2D eigenvalue weighted by Gasteiger charge is 2.29. The van der Waals surface area contributed by atoms with E-state index in [-0.39, 0.29) is 18.2 Å². The van der Waals surface area contributed by atoms with Crippen molar-refractivity contribution >= 4 is 21.8 Å². The molecule has 0 radical (unpaired) electrons. The van der Waals surface area contributed by atoms with Crippen LogP contribution in [0.1, 0.15) is 16.4 Å². The second-order valence-electron chi connectivity index (χ2n) is 7.10. The van der Waals surface area contributed by atoms with E-state index in [4.69, 9.17) is 9.47 Å². The minimum Gasteiger partial charge on any atom is -0.468 e. The molecule has 172 valence electrons. The molecule has 0 saturated heterocycles. The van der Waals surface area contributed by atoms with Crippen LogP contribution in [0.4, 0.5) is 4.39 Å². The minimum absolute atomic E-state index is 0.0154. The van der Waals surface area contributed by atoms with E-state index < -0.39 is 26.8 Å². The Hall–Kier alpha value is -3.49. The number of carbonyl (C=O) groups is 1. The Morgan fingerprint density at radius 3 is 2.30 bits per heavy atom. The van der Waals surface area contributed by atoms with Crippen LogP contribution in [0.25, 0.3) is 6.08 Å². The molecule has 0 aliphatic rings. The monoisotopic (exact) mass is 469 g/mol. The molecule has 3 aromatic carbocycles. The van der Waals surface area contributed by atoms with Gasteiger partial charge in [-0.05, 0) is 53.6 Å². The highest BCUT2D eigenvalue weighted by molar-refractivity contribution is 7.91. The van der Waals surface area contributed by atoms with Gasteiger partial charge in [-0.25, -0.2) is 12.8 Å². The number of halogens is 1. The maximum absolute atomic E-state index is 13.3. The summed E-state index contributed by atoms with van der Waals surface area (Å²) in [5.41, 5.74) is 1.30. The number of rotatable bonds is 10. The van der Waals surface area contributed by atoms with E-state index in [2.05, 4.69) is 5.32 Å². The lowest BCUT2D eigenvalue weighted by molar-refractivity contribution is -0.116. The van der Waals surface area contributed by atoms with Crippen LogP contribution in [0.5, 0.6) is 5.75 Å². The smallest absolute Gasteiger partial charge is 0.244 e. The van der Waals surface area contributed by atoms with Gasteiger partial charge in [-0.2, -0.15) is 0 Å². The van der Waals surface area contributed by atoms with Gasteiger partial charge in [-0.1, -0.05) is 42.5 Å². The van der Waals surface area contributed by atoms with E-state index >= 15 is 0 Å². The molecule has 0 fully saturated rings. The number of benzene rings is 3. The number of carbonyl (C=O) groups excluding carboxylic acids is 1. The predicted octanol–water partition coefficient (Wildman–Crippen LogP) is 4.15. The molecular weight excluding hydrogens is 445 g/mol. The van der Waals surface area contributed by atoms with Gasteiger partial charge >= 0.3 is 0 Å². The van der Waals surface area contributed by atoms with E-state index in [0.29, 0.717) is 11.3 Å². The third-order valence-corrected chi connectivity index (χ3v) is 6.92. The van der Waals surface area contributed by atoms with Crippen molar-refractivity contribution in [1.29, 1.82) is 0 Å². The maximum Gasteiger partial charge on any atom is 0.244 e. The first kappa shape index (κ1) is 24.2. The molecule has 0 heterocycles. The summed E-state index contributed by atoms with van der Waals surface area (Å²) >= 11 is 0. The first-order valence-electron chi connectivity index (χ1n) is 10.1. The van der Waals surface area contributed by atoms with Gasteiger partial charge in [-0.3, -0.25) is 4.79 Å². The average molecular weight is 470 g/mol. The molecule has 1 N–H and O–H groups in total. The molecule has 1 atom stereocenters. The standard InChI is InChI=1S/C25H24FNO5S/c1-31-18-32-22-12-7-19(8-13-22)9-16-25(28)27-17-24(20-5-3-2-4-6-20)33(29,30)23-14-10-21(26)11-15-23/h2-16,24H,17-18H2,1H3,(H,27,28)/b16-9+. The van der Waals surface area contributed by atoms with Crippen LogP contribution in [-0.4, -0.2) is 34.8 Å². The fraction of sp³-hybridized carbons (Fsp3) is 0.160. The van der Waals surface area contributed by atoms with Gasteiger partial charge < -0.3 is 14.8 Å². The van der Waals surface area contributed by atoms with E-state index in [1.807, 2.05) is 0 Å². The summed E-state index contributed by atoms with van der Waals surface area (Å²) in [6.07, 6.45) is 2.94. The number of amides is 1. The van der Waals surface area contributed by atoms with Crippen molar-refractivity contribution in [3.05, 3.63) is 102 Å². The topological polar surface area (TPSA) is 81.7 Å². The zero-order valence-electron chi connectivity index (χ0n) is 18.0. The lowest BCUT2D eigenvalue weighted by Crippen LogP contribution is -2.30. The molecule has 3 aromatic rings. The largest absolute Gasteiger partial charge is 0.468 e. The van der Waals surface area contributed by atoms with Crippen LogP contribution >= 0.6 is 0 Å². The molecule has 8 heteroatoms. The third kappa shape index (κ3) is 6.74. The molecule has 1 amide bonds. The Balaban J connectivity index is 1.71. The Labute approximate surface area is 192 Å². The first-order valence-corrected chi connectivity index (χ1v) is 11.7. The van der Waals surface area contributed by atoms with E-state index in [9.17, 15) is 17.6 Å². The quantitative estimate of drug-likeness (QED) is 0.274. The summed E-state index contributed by atoms with van der Waals surface area (Å²) in [6, 6.07) is 20.3. The van der Waals surface area contributed by atoms with Crippen molar-refractivity contribution in [3.63, 3.8) is 0 Å². The summed E-state index contributed by atoms with van der Waals surface area (Å²) in [5.74, 6) is -0.331. The average Bonchev–Trinajstić information content (AvgIpc) is 2.83. The van der Waals surface area contributed by atoms with Crippen molar-refractivity contribution in [2.45, 2.75) is 10.1 Å². The Morgan fingerprint density at radius 2 is 1.67 bits per heavy atom. The van der Waals surface area contributed by atoms with Crippen molar-refractivity contribution < 1.29 is 27.1 Å². The normalized spacial score (nSPS) is 12.4. The zero-order chi connectivity index (χ0) is 23.7. The number of nitrogens with one attached hydrogen (secondary N) is 1. The van der Waals surface area contributed by atoms with Crippen LogP contribution in [0, 0.1) is 5.82 Å². The molecule has 6 nitrogen and oxygen atoms in total. The number of hydrogen-bond acceptors (Lipinski definition) is 5. The van der Waals surface area contributed by atoms with Crippen LogP contribution in [0.3, 0.4) is 0 Å². The SMILES string of the molecule is COCOc1ccc(/C=C/C(=O)NCC(c2ccccc2)S(=O)(=O)c2ccc(F)cc2)cc1. The van der Waals surface area contributed by atoms with Gasteiger partial charge in [0.1, 0.15) is 16.8 Å². The minimum atomic E-state index is -3.88. The van der Waals surface area contributed by atoms with Gasteiger partial charge in [0.2, 0.25) is 5.91 Å². The Kier molecular flexibility index (Phi) is 8.34. The maximum atomic E-state index is 13.3. The highest BCUT2D eigenvalue weighted by atomic mass is 32.2. The summed E-state index contributed by atoms with van der Waals surface area (Å²) in [5, 5.41) is 1.63. The summed E-state index contributed by atoms with van der Waals surface area (Å²) in [4.78, 5) is 12.4. The highest BCUT2D eigenvalue weighted by Crippen LogP contribution is 2.28. The van der Waals surface area contributed by atoms with Crippen LogP contribution in [-0.2, 0) is 19.4 Å². The number of hydrogen-bond donors (Lipinski definition) is 1. The molecule has 3 rings (SSSR count). The van der Waals surface area contributed by atoms with E-state index in [1.165, 1.54) is 25.3 Å². The Morgan fingerprint density at radius 1 is 1.00 bits per heavy atom. The summed E-state index contributed by atoms with van der Waals surface area (Å²) in [6.45, 7) is -0.00229. The molecule has 0 aliphatic heterocycles. The zero-order valence-corrected chi connectivity index (χ0v) is 18.8. The lowest BCUT2D eigenvalue weighted by Gasteiger charge is -2.18. The molecule has 1 unspecified atom stereocenters. The van der Waals surface area contributed by atoms with Crippen LogP contribution < -0.4 is 10.1 Å². The number of sulfone groups is 1. The van der Waals surface area contributed by atoms with Crippen molar-refractivity contribution in [2.24, 2.45) is 0 Å². The molecule has 0 aliphatic carbocycles. The molecule has 0 aromatic heterocycles. The molecular formula is C25H24FNO5S. The van der Waals surface area contributed by atoms with Gasteiger partial charge in [-0.15, -0.1) is 0 Å². The number of methoxy groups -OCH3 is 1. The van der Waals surface area contributed by atoms with Gasteiger partial charge in [0, 0.05) is 19.7 Å². The first-order chi connectivity index (χ1) is 15.9. The third-order valence-electron chi connectivity index (χ3n) is 4.80. The van der Waals surface area contributed by atoms with Gasteiger partial charge in [0.15, 0.2) is 16.6 Å². The fourth-order valence-corrected chi connectivity index (χ4v) is 4.75. The van der Waals surface area contributed by atoms with Crippen molar-refractivity contribution in [3.8, 4) is 5.75 Å². The van der Waals surface area contributed by atoms with Crippen molar-refractivity contribution in [1.82, 2.24) is 5.32 Å². The molecule has 0 spiro atoms. The Bertz CT molecular complexity index is 1180. The second-order valence-corrected chi connectivity index (χ2v) is 9.23. The number of ether oxygens (including phenoxy) is 2. The fourth-order valence-electron chi connectivity index (χ4n) is 3.09. The van der Waals surface area contributed by atoms with Gasteiger partial charge in [0.05, 0.1) is 4.90 Å². The van der Waals surface area contributed by atoms with Gasteiger partial charge in [0.25, 0.3) is 0 Å².